The number of aromatic amines is 1. The molecular formula is C36H43F3N8O5S. The highest BCUT2D eigenvalue weighted by Crippen LogP contribution is 2.46. The van der Waals surface area contributed by atoms with Crippen LogP contribution in [0.15, 0.2) is 36.7 Å². The number of nitrogens with one attached hydrogen (secondary N) is 3. The number of pyridine rings is 3. The minimum absolute atomic E-state index is 0.0521. The number of H-pyrrole nitrogens is 1. The molecule has 6 rings (SSSR count). The lowest BCUT2D eigenvalue weighted by Gasteiger charge is -2.34. The number of halogens is 3. The molecule has 53 heavy (non-hydrogen) atoms. The summed E-state index contributed by atoms with van der Waals surface area (Å²) in [5, 5.41) is 1.95. The number of fused-ring (bicyclic) bond motifs is 1. The Labute approximate surface area is 305 Å². The van der Waals surface area contributed by atoms with Crippen LogP contribution in [0.3, 0.4) is 0 Å². The third-order valence-electron chi connectivity index (χ3n) is 9.83. The number of amides is 2. The minimum Gasteiger partial charge on any atom is -0.384 e. The van der Waals surface area contributed by atoms with Crippen LogP contribution in [-0.2, 0) is 32.2 Å². The number of aromatic nitrogens is 5. The summed E-state index contributed by atoms with van der Waals surface area (Å²) < 4.78 is 74.1. The maximum atomic E-state index is 14.2. The van der Waals surface area contributed by atoms with Crippen LogP contribution in [0.4, 0.5) is 24.8 Å². The molecule has 17 heteroatoms. The average molecular weight is 757 g/mol. The van der Waals surface area contributed by atoms with Crippen LogP contribution in [0.2, 0.25) is 0 Å². The zero-order valence-electron chi connectivity index (χ0n) is 30.0. The molecule has 0 bridgehead atoms. The van der Waals surface area contributed by atoms with Crippen LogP contribution in [0.5, 0.6) is 0 Å². The number of methoxy groups -OCH3 is 1. The first-order chi connectivity index (χ1) is 25.1. The highest BCUT2D eigenvalue weighted by atomic mass is 32.2. The average Bonchev–Trinajstić information content (AvgIpc) is 3.72. The van der Waals surface area contributed by atoms with E-state index in [0.717, 1.165) is 31.7 Å². The van der Waals surface area contributed by atoms with Gasteiger partial charge in [-0.3, -0.25) is 29.6 Å². The molecule has 0 saturated heterocycles. The molecule has 0 spiro atoms. The van der Waals surface area contributed by atoms with Gasteiger partial charge in [0, 0.05) is 56.4 Å². The van der Waals surface area contributed by atoms with Gasteiger partial charge in [-0.25, -0.2) is 13.4 Å². The van der Waals surface area contributed by atoms with E-state index in [9.17, 15) is 31.2 Å². The summed E-state index contributed by atoms with van der Waals surface area (Å²) in [7, 11) is -0.159. The molecule has 2 aliphatic carbocycles. The molecule has 0 radical (unpaired) electrons. The number of nitrogens with zero attached hydrogens (tertiary/aromatic N) is 5. The molecule has 13 nitrogen and oxygen atoms in total. The van der Waals surface area contributed by atoms with Gasteiger partial charge in [-0.1, -0.05) is 18.9 Å². The number of carbonyl (C=O) groups excluding carboxylic acids is 2. The third kappa shape index (κ3) is 8.78. The maximum Gasteiger partial charge on any atom is 0.418 e. The second-order valence-electron chi connectivity index (χ2n) is 14.4. The number of aryl methyl sites for hydroxylation is 1. The Bertz CT molecular complexity index is 2090. The van der Waals surface area contributed by atoms with Gasteiger partial charge in [0.15, 0.2) is 5.65 Å². The van der Waals surface area contributed by atoms with Crippen molar-refractivity contribution in [2.75, 3.05) is 37.5 Å². The molecule has 2 fully saturated rings. The van der Waals surface area contributed by atoms with Gasteiger partial charge in [-0.15, -0.1) is 0 Å². The lowest BCUT2D eigenvalue weighted by Crippen LogP contribution is -2.37. The third-order valence-corrected chi connectivity index (χ3v) is 11.6. The number of imidazole rings is 1. The number of hydrogen-bond donors (Lipinski definition) is 3. The summed E-state index contributed by atoms with van der Waals surface area (Å²) in [4.78, 5) is 48.1. The molecule has 2 aliphatic rings. The van der Waals surface area contributed by atoms with Gasteiger partial charge in [0.25, 0.3) is 5.91 Å². The van der Waals surface area contributed by atoms with Crippen molar-refractivity contribution in [3.8, 4) is 11.3 Å². The Morgan fingerprint density at radius 2 is 1.83 bits per heavy atom. The van der Waals surface area contributed by atoms with E-state index in [2.05, 4.69) is 30.2 Å². The predicted octanol–water partition coefficient (Wildman–Crippen LogP) is 5.99. The number of rotatable bonds is 14. The van der Waals surface area contributed by atoms with Crippen LogP contribution >= 0.6 is 0 Å². The summed E-state index contributed by atoms with van der Waals surface area (Å²) in [6, 6.07) is 5.91. The van der Waals surface area contributed by atoms with Crippen molar-refractivity contribution >= 4 is 44.6 Å². The van der Waals surface area contributed by atoms with E-state index in [1.807, 2.05) is 16.7 Å². The smallest absolute Gasteiger partial charge is 0.384 e. The van der Waals surface area contributed by atoms with Gasteiger partial charge >= 0.3 is 6.18 Å². The van der Waals surface area contributed by atoms with Crippen molar-refractivity contribution < 1.29 is 35.9 Å². The first kappa shape index (κ1) is 38.1. The lowest BCUT2D eigenvalue weighted by atomic mass is 9.86. The van der Waals surface area contributed by atoms with Crippen molar-refractivity contribution in [3.05, 3.63) is 59.2 Å². The van der Waals surface area contributed by atoms with E-state index in [1.54, 1.807) is 19.2 Å². The van der Waals surface area contributed by atoms with E-state index in [-0.39, 0.29) is 58.4 Å². The Balaban J connectivity index is 1.27. The fourth-order valence-electron chi connectivity index (χ4n) is 6.84. The second kappa shape index (κ2) is 15.0. The van der Waals surface area contributed by atoms with Crippen LogP contribution in [-0.4, -0.2) is 77.7 Å². The van der Waals surface area contributed by atoms with Crippen molar-refractivity contribution in [3.63, 3.8) is 0 Å². The van der Waals surface area contributed by atoms with Crippen molar-refractivity contribution in [1.29, 1.82) is 0 Å². The Morgan fingerprint density at radius 1 is 1.09 bits per heavy atom. The van der Waals surface area contributed by atoms with Gasteiger partial charge < -0.3 is 14.6 Å². The van der Waals surface area contributed by atoms with Crippen molar-refractivity contribution in [2.45, 2.75) is 82.6 Å². The fourth-order valence-corrected chi connectivity index (χ4v) is 7.49. The van der Waals surface area contributed by atoms with Crippen LogP contribution < -0.4 is 14.9 Å². The Morgan fingerprint density at radius 3 is 2.45 bits per heavy atom. The number of carbonyl (C=O) groups is 2. The van der Waals surface area contributed by atoms with E-state index in [1.165, 1.54) is 32.3 Å². The molecular weight excluding hydrogens is 714 g/mol. The number of sulfonamides is 1. The summed E-state index contributed by atoms with van der Waals surface area (Å²) >= 11 is 0. The van der Waals surface area contributed by atoms with E-state index in [0.29, 0.717) is 42.8 Å². The van der Waals surface area contributed by atoms with Gasteiger partial charge in [0.05, 0.1) is 34.5 Å². The summed E-state index contributed by atoms with van der Waals surface area (Å²) in [5.74, 6) is -1.38. The number of hydrogen-bond acceptors (Lipinski definition) is 10. The standard InChI is InChI=1S/C36H43F3N8O5S/c1-21(2)53(50,51)46-29(48)12-8-22-7-11-26(40-17-22)33(49)45-34-43-31-28(47(3)19-35(20-52-4)13-5-6-14-35)16-27(42-32(31)44-34)24-15-25(36(37,38)39)30(41-18-24)23-9-10-23/h7,11,15-18,21,23H,5-6,8-10,12-14,19-20H2,1-4H3,(H,46,48)(H2,42,43,44,45,49). The van der Waals surface area contributed by atoms with Crippen molar-refractivity contribution in [2.24, 2.45) is 5.41 Å². The first-order valence-corrected chi connectivity index (χ1v) is 19.1. The van der Waals surface area contributed by atoms with E-state index in [4.69, 9.17) is 4.74 Å². The van der Waals surface area contributed by atoms with Gasteiger partial charge in [0.1, 0.15) is 11.2 Å². The zero-order chi connectivity index (χ0) is 38.1. The zero-order valence-corrected chi connectivity index (χ0v) is 30.8. The summed E-state index contributed by atoms with van der Waals surface area (Å²) in [6.45, 7) is 4.11. The molecule has 0 aromatic carbocycles. The Hall–Kier alpha value is -4.64. The second-order valence-corrected chi connectivity index (χ2v) is 16.6. The number of ether oxygens (including phenoxy) is 1. The van der Waals surface area contributed by atoms with E-state index >= 15 is 0 Å². The van der Waals surface area contributed by atoms with Crippen molar-refractivity contribution in [1.82, 2.24) is 29.6 Å². The van der Waals surface area contributed by atoms with Crippen LogP contribution in [0, 0.1) is 5.41 Å². The van der Waals surface area contributed by atoms with Gasteiger partial charge in [-0.2, -0.15) is 18.2 Å². The lowest BCUT2D eigenvalue weighted by molar-refractivity contribution is -0.138. The summed E-state index contributed by atoms with van der Waals surface area (Å²) in [6.07, 6.45) is 3.81. The molecule has 0 atom stereocenters. The topological polar surface area (TPSA) is 172 Å². The molecule has 4 aromatic rings. The number of anilines is 2. The fraction of sp³-hybridized carbons (Fsp3) is 0.500. The molecule has 0 unspecified atom stereocenters. The molecule has 2 amide bonds. The molecule has 3 N–H and O–H groups in total. The maximum absolute atomic E-state index is 14.2. The highest BCUT2D eigenvalue weighted by Gasteiger charge is 2.40. The summed E-state index contributed by atoms with van der Waals surface area (Å²) in [5.41, 5.74) is 1.60. The monoisotopic (exact) mass is 756 g/mol. The predicted molar refractivity (Wildman–Crippen MR) is 193 cm³/mol. The first-order valence-electron chi connectivity index (χ1n) is 17.6. The molecule has 4 aromatic heterocycles. The highest BCUT2D eigenvalue weighted by molar-refractivity contribution is 7.90. The number of alkyl halides is 3. The van der Waals surface area contributed by atoms with Gasteiger partial charge in [-0.05, 0) is 69.7 Å². The van der Waals surface area contributed by atoms with Crippen LogP contribution in [0.25, 0.3) is 22.4 Å². The van der Waals surface area contributed by atoms with E-state index < -0.39 is 38.8 Å². The minimum atomic E-state index is -4.58. The van der Waals surface area contributed by atoms with Crippen LogP contribution in [0.1, 0.15) is 92.0 Å². The quantitative estimate of drug-likeness (QED) is 0.139. The SMILES string of the molecule is COCC1(CN(C)c2cc(-c3cnc(C4CC4)c(C(F)(F)F)c3)nc3nc(NC(=O)c4ccc(CCC(=O)NS(=O)(=O)C(C)C)cn4)[nH]c23)CCCC1. The molecule has 284 valence electrons. The van der Waals surface area contributed by atoms with Gasteiger partial charge in [0.2, 0.25) is 21.9 Å². The largest absolute Gasteiger partial charge is 0.418 e. The molecule has 4 heterocycles. The molecule has 0 aliphatic heterocycles. The molecule has 2 saturated carbocycles. The Kier molecular flexibility index (Phi) is 10.8. The normalized spacial score (nSPS) is 15.9.